The van der Waals surface area contributed by atoms with Gasteiger partial charge in [0, 0.05) is 0 Å². The quantitative estimate of drug-likeness (QED) is 0.619. The number of hydrogen-bond acceptors (Lipinski definition) is 1. The number of allylic oxidation sites excluding steroid dienone is 1. The molecule has 0 aromatic heterocycles. The van der Waals surface area contributed by atoms with Crippen LogP contribution in [-0.2, 0) is 0 Å². The first-order chi connectivity index (χ1) is 5.79. The lowest BCUT2D eigenvalue weighted by Crippen LogP contribution is -1.84. The maximum absolute atomic E-state index is 5.30. The number of hydrogen-bond donors (Lipinski definition) is 0. The molecular weight excluding hydrogens is 148 g/mol. The fourth-order valence-electron chi connectivity index (χ4n) is 0.725. The molecule has 0 saturated carbocycles. The van der Waals surface area contributed by atoms with Crippen molar-refractivity contribution in [3.05, 3.63) is 42.7 Å². The Kier molecular flexibility index (Phi) is 3.39. The molecule has 0 aliphatic rings. The van der Waals surface area contributed by atoms with Crippen LogP contribution >= 0.6 is 0 Å². The van der Waals surface area contributed by atoms with Crippen LogP contribution in [0.1, 0.15) is 13.8 Å². The fourth-order valence-corrected chi connectivity index (χ4v) is 0.725. The third-order valence-corrected chi connectivity index (χ3v) is 1.35. The summed E-state index contributed by atoms with van der Waals surface area (Å²) in [7, 11) is 0. The molecular formula is C11H13O. The molecule has 1 aromatic rings. The summed E-state index contributed by atoms with van der Waals surface area (Å²) in [6, 6.07) is 10.4. The SMILES string of the molecule is CC(C)/C=C/Oc1c[c]ccc1. The average Bonchev–Trinajstić information content (AvgIpc) is 2.05. The molecule has 0 N–H and O–H groups in total. The van der Waals surface area contributed by atoms with Gasteiger partial charge in [-0.25, -0.2) is 0 Å². The van der Waals surface area contributed by atoms with E-state index in [0.717, 1.165) is 5.75 Å². The largest absolute Gasteiger partial charge is 0.465 e. The van der Waals surface area contributed by atoms with E-state index in [2.05, 4.69) is 19.9 Å². The van der Waals surface area contributed by atoms with Gasteiger partial charge in [0.15, 0.2) is 0 Å². The minimum Gasteiger partial charge on any atom is -0.465 e. The summed E-state index contributed by atoms with van der Waals surface area (Å²) in [5, 5.41) is 0. The van der Waals surface area contributed by atoms with E-state index in [1.54, 1.807) is 6.26 Å². The van der Waals surface area contributed by atoms with Gasteiger partial charge in [-0.2, -0.15) is 0 Å². The van der Waals surface area contributed by atoms with Crippen LogP contribution < -0.4 is 4.74 Å². The van der Waals surface area contributed by atoms with E-state index in [9.17, 15) is 0 Å². The van der Waals surface area contributed by atoms with Gasteiger partial charge in [0.2, 0.25) is 0 Å². The Morgan fingerprint density at radius 3 is 2.92 bits per heavy atom. The number of benzene rings is 1. The van der Waals surface area contributed by atoms with Crippen LogP contribution in [0, 0.1) is 12.0 Å². The van der Waals surface area contributed by atoms with Crippen LogP contribution in [0.15, 0.2) is 36.6 Å². The highest BCUT2D eigenvalue weighted by atomic mass is 16.5. The number of ether oxygens (including phenoxy) is 1. The standard InChI is InChI=1S/C11H13O/c1-10(2)8-9-12-11-6-4-3-5-7-11/h3-4,6-10H,1-2H3/b9-8+. The summed E-state index contributed by atoms with van der Waals surface area (Å²) < 4.78 is 5.30. The molecule has 0 bridgehead atoms. The molecule has 0 heterocycles. The Balaban J connectivity index is 2.43. The van der Waals surface area contributed by atoms with Crippen LogP contribution in [0.2, 0.25) is 0 Å². The minimum absolute atomic E-state index is 0.526. The van der Waals surface area contributed by atoms with Gasteiger partial charge in [-0.1, -0.05) is 26.0 Å². The van der Waals surface area contributed by atoms with Gasteiger partial charge in [0.05, 0.1) is 6.26 Å². The summed E-state index contributed by atoms with van der Waals surface area (Å²) >= 11 is 0. The molecule has 0 aliphatic carbocycles. The Morgan fingerprint density at radius 2 is 2.33 bits per heavy atom. The molecule has 0 aliphatic heterocycles. The van der Waals surface area contributed by atoms with E-state index >= 15 is 0 Å². The third kappa shape index (κ3) is 3.24. The highest BCUT2D eigenvalue weighted by molar-refractivity contribution is 5.20. The predicted octanol–water partition coefficient (Wildman–Crippen LogP) is 3.04. The van der Waals surface area contributed by atoms with Gasteiger partial charge in [-0.15, -0.1) is 0 Å². The lowest BCUT2D eigenvalue weighted by molar-refractivity contribution is 0.475. The van der Waals surface area contributed by atoms with Crippen molar-refractivity contribution >= 4 is 0 Å². The van der Waals surface area contributed by atoms with Crippen molar-refractivity contribution in [2.45, 2.75) is 13.8 Å². The second kappa shape index (κ2) is 4.60. The van der Waals surface area contributed by atoms with E-state index in [0.29, 0.717) is 5.92 Å². The highest BCUT2D eigenvalue weighted by Crippen LogP contribution is 2.08. The van der Waals surface area contributed by atoms with Crippen LogP contribution in [0.3, 0.4) is 0 Å². The van der Waals surface area contributed by atoms with Gasteiger partial charge < -0.3 is 4.74 Å². The summed E-state index contributed by atoms with van der Waals surface area (Å²) in [6.07, 6.45) is 3.72. The first kappa shape index (κ1) is 8.85. The average molecular weight is 161 g/mol. The van der Waals surface area contributed by atoms with Crippen LogP contribution in [0.4, 0.5) is 0 Å². The molecule has 63 valence electrons. The topological polar surface area (TPSA) is 9.23 Å². The maximum atomic E-state index is 5.30. The Morgan fingerprint density at radius 1 is 1.50 bits per heavy atom. The zero-order valence-corrected chi connectivity index (χ0v) is 7.45. The predicted molar refractivity (Wildman–Crippen MR) is 49.9 cm³/mol. The molecule has 1 nitrogen and oxygen atoms in total. The van der Waals surface area contributed by atoms with Crippen molar-refractivity contribution in [2.24, 2.45) is 5.92 Å². The lowest BCUT2D eigenvalue weighted by atomic mass is 10.2. The molecule has 0 atom stereocenters. The molecule has 0 fully saturated rings. The van der Waals surface area contributed by atoms with Gasteiger partial charge in [-0.05, 0) is 30.2 Å². The molecule has 0 saturated heterocycles. The van der Waals surface area contributed by atoms with E-state index in [-0.39, 0.29) is 0 Å². The van der Waals surface area contributed by atoms with E-state index < -0.39 is 0 Å². The first-order valence-electron chi connectivity index (χ1n) is 4.08. The van der Waals surface area contributed by atoms with E-state index in [1.807, 2.05) is 30.3 Å². The molecule has 0 spiro atoms. The van der Waals surface area contributed by atoms with Crippen molar-refractivity contribution in [2.75, 3.05) is 0 Å². The summed E-state index contributed by atoms with van der Waals surface area (Å²) in [5.74, 6) is 1.35. The maximum Gasteiger partial charge on any atom is 0.127 e. The molecule has 0 unspecified atom stereocenters. The molecule has 12 heavy (non-hydrogen) atoms. The summed E-state index contributed by atoms with van der Waals surface area (Å²) in [5.41, 5.74) is 0. The van der Waals surface area contributed by atoms with Gasteiger partial charge >= 0.3 is 0 Å². The summed E-state index contributed by atoms with van der Waals surface area (Å²) in [6.45, 7) is 4.22. The van der Waals surface area contributed by atoms with Crippen molar-refractivity contribution in [3.8, 4) is 5.75 Å². The fraction of sp³-hybridized carbons (Fsp3) is 0.273. The highest BCUT2D eigenvalue weighted by Gasteiger charge is 1.87. The minimum atomic E-state index is 0.526. The zero-order valence-electron chi connectivity index (χ0n) is 7.45. The van der Waals surface area contributed by atoms with Crippen LogP contribution in [0.25, 0.3) is 0 Å². The van der Waals surface area contributed by atoms with Gasteiger partial charge in [-0.3, -0.25) is 0 Å². The smallest absolute Gasteiger partial charge is 0.127 e. The first-order valence-corrected chi connectivity index (χ1v) is 4.08. The van der Waals surface area contributed by atoms with Gasteiger partial charge in [0.1, 0.15) is 5.75 Å². The summed E-state index contributed by atoms with van der Waals surface area (Å²) in [4.78, 5) is 0. The Labute approximate surface area is 73.7 Å². The van der Waals surface area contributed by atoms with Crippen molar-refractivity contribution in [3.63, 3.8) is 0 Å². The molecule has 1 rings (SSSR count). The molecule has 0 amide bonds. The monoisotopic (exact) mass is 161 g/mol. The number of rotatable bonds is 3. The zero-order chi connectivity index (χ0) is 8.81. The van der Waals surface area contributed by atoms with Crippen molar-refractivity contribution in [1.29, 1.82) is 0 Å². The molecule has 1 heteroatoms. The van der Waals surface area contributed by atoms with E-state index in [4.69, 9.17) is 4.74 Å². The lowest BCUT2D eigenvalue weighted by Gasteiger charge is -1.98. The second-order valence-corrected chi connectivity index (χ2v) is 2.93. The molecule has 1 aromatic carbocycles. The van der Waals surface area contributed by atoms with Crippen molar-refractivity contribution in [1.82, 2.24) is 0 Å². The molecule has 1 radical (unpaired) electrons. The Hall–Kier alpha value is -1.24. The van der Waals surface area contributed by atoms with Crippen LogP contribution in [0.5, 0.6) is 5.75 Å². The Bertz CT molecular complexity index is 236. The van der Waals surface area contributed by atoms with Gasteiger partial charge in [0.25, 0.3) is 0 Å². The normalized spacial score (nSPS) is 10.9. The van der Waals surface area contributed by atoms with Crippen LogP contribution in [-0.4, -0.2) is 0 Å². The van der Waals surface area contributed by atoms with E-state index in [1.165, 1.54) is 0 Å². The third-order valence-electron chi connectivity index (χ3n) is 1.35. The van der Waals surface area contributed by atoms with Crippen molar-refractivity contribution < 1.29 is 4.74 Å². The second-order valence-electron chi connectivity index (χ2n) is 2.93.